The minimum Gasteiger partial charge on any atom is -0.380 e. The van der Waals surface area contributed by atoms with Crippen LogP contribution < -0.4 is 5.32 Å². The summed E-state index contributed by atoms with van der Waals surface area (Å²) in [6, 6.07) is 16.9. The van der Waals surface area contributed by atoms with Gasteiger partial charge < -0.3 is 10.1 Å². The quantitative estimate of drug-likeness (QED) is 0.798. The number of hydrogen-bond acceptors (Lipinski definition) is 2. The SMILES string of the molecule is CCC(NCc1cccc(COC)c1)c1ccc(Cl)cc1. The summed E-state index contributed by atoms with van der Waals surface area (Å²) >= 11 is 5.95. The second-order valence-electron chi connectivity index (χ2n) is 5.15. The number of rotatable bonds is 7. The van der Waals surface area contributed by atoms with Gasteiger partial charge in [-0.3, -0.25) is 0 Å². The highest BCUT2D eigenvalue weighted by atomic mass is 35.5. The van der Waals surface area contributed by atoms with Crippen molar-refractivity contribution in [2.24, 2.45) is 0 Å². The lowest BCUT2D eigenvalue weighted by Crippen LogP contribution is -2.20. The smallest absolute Gasteiger partial charge is 0.0713 e. The predicted molar refractivity (Wildman–Crippen MR) is 88.5 cm³/mol. The summed E-state index contributed by atoms with van der Waals surface area (Å²) in [4.78, 5) is 0. The molecule has 21 heavy (non-hydrogen) atoms. The molecule has 1 N–H and O–H groups in total. The zero-order valence-corrected chi connectivity index (χ0v) is 13.4. The zero-order valence-electron chi connectivity index (χ0n) is 12.6. The monoisotopic (exact) mass is 303 g/mol. The number of halogens is 1. The number of benzene rings is 2. The fraction of sp³-hybridized carbons (Fsp3) is 0.333. The maximum Gasteiger partial charge on any atom is 0.0713 e. The molecule has 2 aromatic carbocycles. The third kappa shape index (κ3) is 4.85. The molecule has 0 saturated carbocycles. The predicted octanol–water partition coefficient (Wildman–Crippen LogP) is 4.73. The zero-order chi connectivity index (χ0) is 15.1. The first-order valence-electron chi connectivity index (χ1n) is 7.28. The molecule has 112 valence electrons. The van der Waals surface area contributed by atoms with Crippen LogP contribution in [-0.2, 0) is 17.9 Å². The summed E-state index contributed by atoms with van der Waals surface area (Å²) in [5.41, 5.74) is 3.75. The number of ether oxygens (including phenoxy) is 1. The first-order chi connectivity index (χ1) is 10.2. The van der Waals surface area contributed by atoms with Crippen LogP contribution in [0.5, 0.6) is 0 Å². The Labute approximate surface area is 132 Å². The molecule has 0 bridgehead atoms. The normalized spacial score (nSPS) is 12.3. The van der Waals surface area contributed by atoms with Crippen LogP contribution in [0.1, 0.15) is 36.1 Å². The van der Waals surface area contributed by atoms with Crippen LogP contribution in [0.2, 0.25) is 5.02 Å². The average Bonchev–Trinajstić information content (AvgIpc) is 2.50. The van der Waals surface area contributed by atoms with Gasteiger partial charge in [-0.15, -0.1) is 0 Å². The molecule has 0 saturated heterocycles. The molecule has 0 spiro atoms. The molecule has 0 aliphatic rings. The lowest BCUT2D eigenvalue weighted by Gasteiger charge is -2.18. The topological polar surface area (TPSA) is 21.3 Å². The molecule has 0 aliphatic carbocycles. The summed E-state index contributed by atoms with van der Waals surface area (Å²) in [5, 5.41) is 4.39. The largest absolute Gasteiger partial charge is 0.380 e. The van der Waals surface area contributed by atoms with Crippen LogP contribution in [-0.4, -0.2) is 7.11 Å². The van der Waals surface area contributed by atoms with Crippen LogP contribution in [0.25, 0.3) is 0 Å². The van der Waals surface area contributed by atoms with Crippen molar-refractivity contribution in [3.63, 3.8) is 0 Å². The molecule has 0 radical (unpaired) electrons. The minimum absolute atomic E-state index is 0.341. The standard InChI is InChI=1S/C18H22ClNO/c1-3-18(16-7-9-17(19)10-8-16)20-12-14-5-4-6-15(11-14)13-21-2/h4-11,18,20H,3,12-13H2,1-2H3. The van der Waals surface area contributed by atoms with E-state index in [-0.39, 0.29) is 0 Å². The van der Waals surface area contributed by atoms with Gasteiger partial charge in [0.05, 0.1) is 6.61 Å². The summed E-state index contributed by atoms with van der Waals surface area (Å²) < 4.78 is 5.18. The van der Waals surface area contributed by atoms with Crippen LogP contribution in [0.4, 0.5) is 0 Å². The molecule has 1 atom stereocenters. The Morgan fingerprint density at radius 1 is 1.10 bits per heavy atom. The number of hydrogen-bond donors (Lipinski definition) is 1. The van der Waals surface area contributed by atoms with Crippen molar-refractivity contribution in [1.29, 1.82) is 0 Å². The Morgan fingerprint density at radius 3 is 2.48 bits per heavy atom. The molecule has 0 heterocycles. The summed E-state index contributed by atoms with van der Waals surface area (Å²) in [5.74, 6) is 0. The van der Waals surface area contributed by atoms with E-state index in [1.807, 2.05) is 12.1 Å². The molecule has 2 nitrogen and oxygen atoms in total. The highest BCUT2D eigenvalue weighted by Crippen LogP contribution is 2.20. The summed E-state index contributed by atoms with van der Waals surface area (Å²) in [6.07, 6.45) is 1.04. The van der Waals surface area contributed by atoms with Gasteiger partial charge in [0, 0.05) is 24.7 Å². The maximum absolute atomic E-state index is 5.95. The maximum atomic E-state index is 5.95. The third-order valence-corrected chi connectivity index (χ3v) is 3.79. The third-order valence-electron chi connectivity index (χ3n) is 3.54. The Hall–Kier alpha value is -1.35. The van der Waals surface area contributed by atoms with Gasteiger partial charge in [-0.2, -0.15) is 0 Å². The van der Waals surface area contributed by atoms with Crippen molar-refractivity contribution < 1.29 is 4.74 Å². The Morgan fingerprint density at radius 2 is 1.81 bits per heavy atom. The van der Waals surface area contributed by atoms with Crippen molar-refractivity contribution in [2.75, 3.05) is 7.11 Å². The molecule has 2 aromatic rings. The molecule has 0 fully saturated rings. The molecular weight excluding hydrogens is 282 g/mol. The van der Waals surface area contributed by atoms with Crippen LogP contribution in [0.3, 0.4) is 0 Å². The average molecular weight is 304 g/mol. The molecule has 3 heteroatoms. The van der Waals surface area contributed by atoms with E-state index in [4.69, 9.17) is 16.3 Å². The van der Waals surface area contributed by atoms with E-state index >= 15 is 0 Å². The van der Waals surface area contributed by atoms with Gasteiger partial charge in [-0.05, 0) is 35.2 Å². The van der Waals surface area contributed by atoms with E-state index < -0.39 is 0 Å². The first kappa shape index (κ1) is 16.0. The Balaban J connectivity index is 1.99. The van der Waals surface area contributed by atoms with E-state index in [0.29, 0.717) is 12.6 Å². The van der Waals surface area contributed by atoms with Gasteiger partial charge in [0.15, 0.2) is 0 Å². The van der Waals surface area contributed by atoms with E-state index in [9.17, 15) is 0 Å². The Kier molecular flexibility index (Phi) is 6.24. The molecular formula is C18H22ClNO. The van der Waals surface area contributed by atoms with Gasteiger partial charge >= 0.3 is 0 Å². The van der Waals surface area contributed by atoms with Crippen LogP contribution >= 0.6 is 11.6 Å². The van der Waals surface area contributed by atoms with E-state index in [1.54, 1.807) is 7.11 Å². The van der Waals surface area contributed by atoms with Gasteiger partial charge in [0.25, 0.3) is 0 Å². The fourth-order valence-corrected chi connectivity index (χ4v) is 2.56. The summed E-state index contributed by atoms with van der Waals surface area (Å²) in [7, 11) is 1.72. The molecule has 0 aliphatic heterocycles. The van der Waals surface area contributed by atoms with Gasteiger partial charge in [-0.1, -0.05) is 54.9 Å². The van der Waals surface area contributed by atoms with Crippen molar-refractivity contribution in [2.45, 2.75) is 32.5 Å². The second kappa shape index (κ2) is 8.18. The molecule has 0 amide bonds. The van der Waals surface area contributed by atoms with E-state index in [0.717, 1.165) is 18.0 Å². The Bertz CT molecular complexity index is 553. The molecule has 1 unspecified atom stereocenters. The van der Waals surface area contributed by atoms with Gasteiger partial charge in [-0.25, -0.2) is 0 Å². The van der Waals surface area contributed by atoms with Crippen molar-refractivity contribution in [3.8, 4) is 0 Å². The molecule has 0 aromatic heterocycles. The van der Waals surface area contributed by atoms with Crippen molar-refractivity contribution >= 4 is 11.6 Å². The van der Waals surface area contributed by atoms with Crippen molar-refractivity contribution in [3.05, 3.63) is 70.2 Å². The van der Waals surface area contributed by atoms with Gasteiger partial charge in [0.2, 0.25) is 0 Å². The van der Waals surface area contributed by atoms with Gasteiger partial charge in [0.1, 0.15) is 0 Å². The second-order valence-corrected chi connectivity index (χ2v) is 5.58. The summed E-state index contributed by atoms with van der Waals surface area (Å²) in [6.45, 7) is 3.69. The highest BCUT2D eigenvalue weighted by molar-refractivity contribution is 6.30. The number of nitrogens with one attached hydrogen (secondary N) is 1. The van der Waals surface area contributed by atoms with Crippen molar-refractivity contribution in [1.82, 2.24) is 5.32 Å². The number of methoxy groups -OCH3 is 1. The minimum atomic E-state index is 0.341. The fourth-order valence-electron chi connectivity index (χ4n) is 2.43. The lowest BCUT2D eigenvalue weighted by molar-refractivity contribution is 0.185. The first-order valence-corrected chi connectivity index (χ1v) is 7.66. The van der Waals surface area contributed by atoms with E-state index in [1.165, 1.54) is 16.7 Å². The van der Waals surface area contributed by atoms with Crippen LogP contribution in [0, 0.1) is 0 Å². The molecule has 2 rings (SSSR count). The lowest BCUT2D eigenvalue weighted by atomic mass is 10.0. The van der Waals surface area contributed by atoms with Crippen LogP contribution in [0.15, 0.2) is 48.5 Å². The van der Waals surface area contributed by atoms with E-state index in [2.05, 4.69) is 48.6 Å². The highest BCUT2D eigenvalue weighted by Gasteiger charge is 2.08.